The molecule has 1 fully saturated rings. The molecule has 0 spiro atoms. The summed E-state index contributed by atoms with van der Waals surface area (Å²) in [5, 5.41) is 1.15. The summed E-state index contributed by atoms with van der Waals surface area (Å²) in [5.41, 5.74) is 9.20. The van der Waals surface area contributed by atoms with Crippen molar-refractivity contribution < 1.29 is 0 Å². The Bertz CT molecular complexity index is 599. The van der Waals surface area contributed by atoms with E-state index in [-0.39, 0.29) is 0 Å². The molecule has 1 aliphatic rings. The van der Waals surface area contributed by atoms with Crippen LogP contribution in [0.1, 0.15) is 32.1 Å². The van der Waals surface area contributed by atoms with E-state index in [9.17, 15) is 0 Å². The molecule has 3 nitrogen and oxygen atoms in total. The SMILES string of the molecule is Nc1cnc2ccc(Br)cc2c1N1CCCCCCC1. The van der Waals surface area contributed by atoms with Crippen molar-refractivity contribution in [2.24, 2.45) is 0 Å². The lowest BCUT2D eigenvalue weighted by Crippen LogP contribution is -2.28. The van der Waals surface area contributed by atoms with Crippen LogP contribution >= 0.6 is 15.9 Å². The predicted octanol–water partition coefficient (Wildman–Crippen LogP) is 4.35. The summed E-state index contributed by atoms with van der Waals surface area (Å²) in [4.78, 5) is 6.90. The van der Waals surface area contributed by atoms with Crippen molar-refractivity contribution in [3.8, 4) is 0 Å². The number of fused-ring (bicyclic) bond motifs is 1. The maximum absolute atomic E-state index is 6.24. The zero-order valence-corrected chi connectivity index (χ0v) is 13.2. The van der Waals surface area contributed by atoms with Crippen molar-refractivity contribution in [1.29, 1.82) is 0 Å². The number of hydrogen-bond donors (Lipinski definition) is 1. The molecule has 0 bridgehead atoms. The van der Waals surface area contributed by atoms with Gasteiger partial charge in [0, 0.05) is 22.9 Å². The molecule has 4 heteroatoms. The maximum Gasteiger partial charge on any atom is 0.0745 e. The Labute approximate surface area is 128 Å². The number of halogens is 1. The van der Waals surface area contributed by atoms with Crippen LogP contribution in [0.3, 0.4) is 0 Å². The minimum absolute atomic E-state index is 0.788. The number of nitrogens with two attached hydrogens (primary N) is 1. The van der Waals surface area contributed by atoms with Crippen LogP contribution < -0.4 is 10.6 Å². The highest BCUT2D eigenvalue weighted by Gasteiger charge is 2.15. The summed E-state index contributed by atoms with van der Waals surface area (Å²) in [5.74, 6) is 0. The number of nitrogen functional groups attached to an aromatic ring is 1. The largest absolute Gasteiger partial charge is 0.396 e. The number of anilines is 2. The van der Waals surface area contributed by atoms with Gasteiger partial charge in [-0.3, -0.25) is 4.98 Å². The second-order valence-electron chi connectivity index (χ2n) is 5.48. The standard InChI is InChI=1S/C16H20BrN3/c17-12-6-7-15-13(10-12)16(14(18)11-19-15)20-8-4-2-1-3-5-9-20/h6-7,10-11H,1-5,8-9,18H2. The summed E-state index contributed by atoms with van der Waals surface area (Å²) >= 11 is 3.56. The number of rotatable bonds is 1. The normalized spacial score (nSPS) is 16.9. The molecule has 0 saturated carbocycles. The van der Waals surface area contributed by atoms with Gasteiger partial charge in [0.1, 0.15) is 0 Å². The first-order chi connectivity index (χ1) is 9.75. The molecule has 1 aromatic heterocycles. The van der Waals surface area contributed by atoms with Crippen LogP contribution in [0.15, 0.2) is 28.9 Å². The van der Waals surface area contributed by atoms with Crippen LogP contribution in [0, 0.1) is 0 Å². The van der Waals surface area contributed by atoms with E-state index in [1.807, 2.05) is 12.1 Å². The second kappa shape index (κ2) is 6.00. The van der Waals surface area contributed by atoms with Gasteiger partial charge in [-0.25, -0.2) is 0 Å². The van der Waals surface area contributed by atoms with Gasteiger partial charge in [-0.1, -0.05) is 35.2 Å². The van der Waals surface area contributed by atoms with E-state index in [1.54, 1.807) is 6.20 Å². The van der Waals surface area contributed by atoms with Gasteiger partial charge in [-0.2, -0.15) is 0 Å². The highest BCUT2D eigenvalue weighted by Crippen LogP contribution is 2.34. The van der Waals surface area contributed by atoms with Gasteiger partial charge in [0.15, 0.2) is 0 Å². The molecule has 0 aliphatic carbocycles. The summed E-state index contributed by atoms with van der Waals surface area (Å²) in [6.07, 6.45) is 8.30. The Kier molecular flexibility index (Phi) is 4.10. The average molecular weight is 334 g/mol. The van der Waals surface area contributed by atoms with Gasteiger partial charge in [0.25, 0.3) is 0 Å². The van der Waals surface area contributed by atoms with Crippen molar-refractivity contribution in [3.63, 3.8) is 0 Å². The van der Waals surface area contributed by atoms with Gasteiger partial charge in [0.05, 0.1) is 23.1 Å². The summed E-state index contributed by atoms with van der Waals surface area (Å²) in [6.45, 7) is 2.19. The fourth-order valence-electron chi connectivity index (χ4n) is 2.99. The van der Waals surface area contributed by atoms with Gasteiger partial charge < -0.3 is 10.6 Å². The maximum atomic E-state index is 6.24. The molecule has 106 valence electrons. The third-order valence-corrected chi connectivity index (χ3v) is 4.50. The topological polar surface area (TPSA) is 42.1 Å². The number of aromatic nitrogens is 1. The fourth-order valence-corrected chi connectivity index (χ4v) is 3.35. The van der Waals surface area contributed by atoms with Crippen molar-refractivity contribution in [1.82, 2.24) is 4.98 Å². The summed E-state index contributed by atoms with van der Waals surface area (Å²) in [6, 6.07) is 6.21. The first-order valence-electron chi connectivity index (χ1n) is 7.34. The second-order valence-corrected chi connectivity index (χ2v) is 6.39. The monoisotopic (exact) mass is 333 g/mol. The third kappa shape index (κ3) is 2.75. The average Bonchev–Trinajstić information content (AvgIpc) is 2.39. The Morgan fingerprint density at radius 3 is 2.50 bits per heavy atom. The van der Waals surface area contributed by atoms with Gasteiger partial charge in [0.2, 0.25) is 0 Å². The molecule has 20 heavy (non-hydrogen) atoms. The van der Waals surface area contributed by atoms with E-state index >= 15 is 0 Å². The third-order valence-electron chi connectivity index (χ3n) is 4.00. The van der Waals surface area contributed by atoms with E-state index in [4.69, 9.17) is 5.73 Å². The lowest BCUT2D eigenvalue weighted by atomic mass is 10.1. The molecule has 0 radical (unpaired) electrons. The molecule has 2 aromatic rings. The molecule has 0 atom stereocenters. The van der Waals surface area contributed by atoms with E-state index in [2.05, 4.69) is 31.9 Å². The van der Waals surface area contributed by atoms with E-state index in [1.165, 1.54) is 37.8 Å². The Balaban J connectivity index is 2.07. The zero-order valence-electron chi connectivity index (χ0n) is 11.6. The molecule has 0 amide bonds. The van der Waals surface area contributed by atoms with Gasteiger partial charge >= 0.3 is 0 Å². The van der Waals surface area contributed by atoms with E-state index in [0.29, 0.717) is 0 Å². The van der Waals surface area contributed by atoms with Crippen molar-refractivity contribution in [3.05, 3.63) is 28.9 Å². The molecule has 2 N–H and O–H groups in total. The molecular formula is C16H20BrN3. The van der Waals surface area contributed by atoms with Crippen molar-refractivity contribution in [2.45, 2.75) is 32.1 Å². The fraction of sp³-hybridized carbons (Fsp3) is 0.438. The van der Waals surface area contributed by atoms with Crippen LogP contribution in [-0.4, -0.2) is 18.1 Å². The minimum Gasteiger partial charge on any atom is -0.396 e. The summed E-state index contributed by atoms with van der Waals surface area (Å²) < 4.78 is 1.07. The Morgan fingerprint density at radius 1 is 1.05 bits per heavy atom. The molecule has 0 unspecified atom stereocenters. The van der Waals surface area contributed by atoms with Crippen molar-refractivity contribution >= 4 is 38.2 Å². The molecule has 1 aliphatic heterocycles. The van der Waals surface area contributed by atoms with Crippen LogP contribution in [-0.2, 0) is 0 Å². The zero-order chi connectivity index (χ0) is 13.9. The lowest BCUT2D eigenvalue weighted by molar-refractivity contribution is 0.557. The van der Waals surface area contributed by atoms with Crippen LogP contribution in [0.25, 0.3) is 10.9 Å². The van der Waals surface area contributed by atoms with E-state index < -0.39 is 0 Å². The van der Waals surface area contributed by atoms with Crippen LogP contribution in [0.2, 0.25) is 0 Å². The highest BCUT2D eigenvalue weighted by atomic mass is 79.9. The predicted molar refractivity (Wildman–Crippen MR) is 89.2 cm³/mol. The van der Waals surface area contributed by atoms with Gasteiger partial charge in [-0.15, -0.1) is 0 Å². The Hall–Kier alpha value is -1.29. The quantitative estimate of drug-likeness (QED) is 0.843. The molecule has 2 heterocycles. The first-order valence-corrected chi connectivity index (χ1v) is 8.14. The number of benzene rings is 1. The van der Waals surface area contributed by atoms with E-state index in [0.717, 1.165) is 34.2 Å². The minimum atomic E-state index is 0.788. The summed E-state index contributed by atoms with van der Waals surface area (Å²) in [7, 11) is 0. The number of hydrogen-bond acceptors (Lipinski definition) is 3. The van der Waals surface area contributed by atoms with Gasteiger partial charge in [-0.05, 0) is 31.0 Å². The smallest absolute Gasteiger partial charge is 0.0745 e. The van der Waals surface area contributed by atoms with Crippen molar-refractivity contribution in [2.75, 3.05) is 23.7 Å². The number of pyridine rings is 1. The first kappa shape index (κ1) is 13.7. The molecule has 3 rings (SSSR count). The molecular weight excluding hydrogens is 314 g/mol. The highest BCUT2D eigenvalue weighted by molar-refractivity contribution is 9.10. The Morgan fingerprint density at radius 2 is 1.75 bits per heavy atom. The van der Waals surface area contributed by atoms with Crippen LogP contribution in [0.5, 0.6) is 0 Å². The molecule has 1 aromatic carbocycles. The lowest BCUT2D eigenvalue weighted by Gasteiger charge is -2.29. The number of nitrogens with zero attached hydrogens (tertiary/aromatic N) is 2. The molecule has 1 saturated heterocycles. The van der Waals surface area contributed by atoms with Crippen LogP contribution in [0.4, 0.5) is 11.4 Å².